The first kappa shape index (κ1) is 35.1. The fraction of sp³-hybridized carbons (Fsp3) is 0.175. The highest BCUT2D eigenvalue weighted by atomic mass is 14.9. The summed E-state index contributed by atoms with van der Waals surface area (Å²) in [7, 11) is 0. The average Bonchev–Trinajstić information content (AvgIpc) is 3.30. The number of aromatic nitrogens is 2. The van der Waals surface area contributed by atoms with Crippen LogP contribution in [0, 0.1) is 23.2 Å². The van der Waals surface area contributed by atoms with Crippen LogP contribution in [0.2, 0.25) is 0 Å². The van der Waals surface area contributed by atoms with Crippen molar-refractivity contribution in [3.05, 3.63) is 193 Å². The molecular formula is C57H43N3. The van der Waals surface area contributed by atoms with Crippen LogP contribution in [0.1, 0.15) is 55.2 Å². The molecule has 3 heteroatoms. The summed E-state index contributed by atoms with van der Waals surface area (Å²) in [6, 6.07) is 66.2. The van der Waals surface area contributed by atoms with Gasteiger partial charge in [0.1, 0.15) is 0 Å². The monoisotopic (exact) mass is 769 g/mol. The van der Waals surface area contributed by atoms with Gasteiger partial charge in [0, 0.05) is 22.1 Å². The Hall–Kier alpha value is -6.89. The summed E-state index contributed by atoms with van der Waals surface area (Å²) < 4.78 is 0. The lowest BCUT2D eigenvalue weighted by atomic mass is 9.41. The van der Waals surface area contributed by atoms with E-state index in [-0.39, 0.29) is 10.8 Å². The van der Waals surface area contributed by atoms with Crippen molar-refractivity contribution in [2.24, 2.45) is 11.8 Å². The number of hydrogen-bond donors (Lipinski definition) is 0. The van der Waals surface area contributed by atoms with Gasteiger partial charge in [0.2, 0.25) is 0 Å². The molecule has 2 atom stereocenters. The number of benzene rings is 8. The standard InChI is InChI=1S/C57H43N3/c58-35-47-21-26-51(52-12-6-5-11-50(47)52)41-17-22-48(23-18-41)56-31-37-27-38(32-56)34-57(33-37,36-56)49-24-19-42(20-25-49)55-59-53(45-15-13-39-7-1-3-9-43(39)28-45)30-54(60-55)46-16-14-40-8-2-4-10-44(40)29-46/h1-26,28-30,37-38H,27,31-34,36H2. The Balaban J connectivity index is 0.892. The predicted molar refractivity (Wildman–Crippen MR) is 245 cm³/mol. The number of nitriles is 1. The molecular weight excluding hydrogens is 727 g/mol. The number of rotatable bonds is 6. The smallest absolute Gasteiger partial charge is 0.160 e. The van der Waals surface area contributed by atoms with E-state index in [0.29, 0.717) is 0 Å². The molecule has 4 aliphatic carbocycles. The Morgan fingerprint density at radius 2 is 0.933 bits per heavy atom. The van der Waals surface area contributed by atoms with Crippen molar-refractivity contribution in [2.75, 3.05) is 0 Å². The molecule has 1 aromatic heterocycles. The van der Waals surface area contributed by atoms with Crippen molar-refractivity contribution < 1.29 is 0 Å². The molecule has 4 fully saturated rings. The van der Waals surface area contributed by atoms with Gasteiger partial charge in [0.15, 0.2) is 5.82 Å². The molecule has 0 N–H and O–H groups in total. The van der Waals surface area contributed by atoms with E-state index in [0.717, 1.165) is 62.1 Å². The normalized spacial score (nSPS) is 21.7. The summed E-state index contributed by atoms with van der Waals surface area (Å²) in [5.41, 5.74) is 11.6. The summed E-state index contributed by atoms with van der Waals surface area (Å²) in [5.74, 6) is 2.26. The van der Waals surface area contributed by atoms with Gasteiger partial charge in [-0.25, -0.2) is 9.97 Å². The van der Waals surface area contributed by atoms with Crippen LogP contribution in [0.3, 0.4) is 0 Å². The van der Waals surface area contributed by atoms with Gasteiger partial charge in [-0.3, -0.25) is 0 Å². The third kappa shape index (κ3) is 5.77. The minimum Gasteiger partial charge on any atom is -0.228 e. The van der Waals surface area contributed by atoms with E-state index >= 15 is 0 Å². The van der Waals surface area contributed by atoms with Crippen molar-refractivity contribution in [2.45, 2.75) is 49.4 Å². The number of fused-ring (bicyclic) bond motifs is 3. The first-order chi connectivity index (χ1) is 29.5. The maximum atomic E-state index is 9.75. The van der Waals surface area contributed by atoms with Gasteiger partial charge in [-0.05, 0) is 135 Å². The maximum absolute atomic E-state index is 9.75. The highest BCUT2D eigenvalue weighted by molar-refractivity contribution is 5.99. The van der Waals surface area contributed by atoms with Crippen molar-refractivity contribution in [1.82, 2.24) is 9.97 Å². The van der Waals surface area contributed by atoms with Gasteiger partial charge in [-0.2, -0.15) is 5.26 Å². The first-order valence-corrected chi connectivity index (χ1v) is 21.5. The maximum Gasteiger partial charge on any atom is 0.160 e. The third-order valence-corrected chi connectivity index (χ3v) is 14.5. The van der Waals surface area contributed by atoms with Gasteiger partial charge in [0.05, 0.1) is 23.0 Å². The molecule has 0 radical (unpaired) electrons. The predicted octanol–water partition coefficient (Wildman–Crippen LogP) is 14.3. The first-order valence-electron chi connectivity index (χ1n) is 21.5. The lowest BCUT2D eigenvalue weighted by Gasteiger charge is -2.63. The van der Waals surface area contributed by atoms with Gasteiger partial charge in [-0.15, -0.1) is 0 Å². The summed E-state index contributed by atoms with van der Waals surface area (Å²) in [5, 5.41) is 16.8. The summed E-state index contributed by atoms with van der Waals surface area (Å²) >= 11 is 0. The van der Waals surface area contributed by atoms with Crippen molar-refractivity contribution in [3.63, 3.8) is 0 Å². The molecule has 1 heterocycles. The summed E-state index contributed by atoms with van der Waals surface area (Å²) in [6.45, 7) is 0. The summed E-state index contributed by atoms with van der Waals surface area (Å²) in [6.07, 6.45) is 7.69. The Morgan fingerprint density at radius 1 is 0.450 bits per heavy atom. The van der Waals surface area contributed by atoms with Crippen LogP contribution in [-0.4, -0.2) is 9.97 Å². The van der Waals surface area contributed by atoms with Crippen molar-refractivity contribution >= 4 is 32.3 Å². The van der Waals surface area contributed by atoms with Crippen LogP contribution in [0.25, 0.3) is 77.3 Å². The third-order valence-electron chi connectivity index (χ3n) is 14.5. The Morgan fingerprint density at radius 3 is 1.48 bits per heavy atom. The highest BCUT2D eigenvalue weighted by Gasteiger charge is 2.58. The number of nitrogens with zero attached hydrogens (tertiary/aromatic N) is 3. The molecule has 8 aromatic carbocycles. The van der Waals surface area contributed by atoms with Crippen LogP contribution < -0.4 is 0 Å². The van der Waals surface area contributed by atoms with E-state index in [1.54, 1.807) is 0 Å². The van der Waals surface area contributed by atoms with Crippen LogP contribution in [0.4, 0.5) is 0 Å². The van der Waals surface area contributed by atoms with Gasteiger partial charge >= 0.3 is 0 Å². The lowest BCUT2D eigenvalue weighted by molar-refractivity contribution is -0.0281. The zero-order valence-corrected chi connectivity index (χ0v) is 33.5. The fourth-order valence-corrected chi connectivity index (χ4v) is 12.1. The van der Waals surface area contributed by atoms with Gasteiger partial charge < -0.3 is 0 Å². The van der Waals surface area contributed by atoms with E-state index in [2.05, 4.69) is 170 Å². The Kier molecular flexibility index (Phi) is 7.94. The molecule has 9 aromatic rings. The van der Waals surface area contributed by atoms with E-state index in [1.807, 2.05) is 12.1 Å². The molecule has 0 amide bonds. The quantitative estimate of drug-likeness (QED) is 0.169. The van der Waals surface area contributed by atoms with Crippen molar-refractivity contribution in [3.8, 4) is 51.1 Å². The Bertz CT molecular complexity index is 3080. The number of hydrogen-bond acceptors (Lipinski definition) is 3. The second-order valence-corrected chi connectivity index (χ2v) is 18.1. The minimum absolute atomic E-state index is 0.175. The Labute approximate surface area is 351 Å². The zero-order valence-electron chi connectivity index (χ0n) is 33.5. The molecule has 4 aliphatic rings. The van der Waals surface area contributed by atoms with E-state index in [4.69, 9.17) is 9.97 Å². The van der Waals surface area contributed by atoms with E-state index < -0.39 is 0 Å². The van der Waals surface area contributed by atoms with Crippen LogP contribution in [0.15, 0.2) is 176 Å². The summed E-state index contributed by atoms with van der Waals surface area (Å²) in [4.78, 5) is 10.5. The van der Waals surface area contributed by atoms with E-state index in [9.17, 15) is 5.26 Å². The largest absolute Gasteiger partial charge is 0.228 e. The van der Waals surface area contributed by atoms with Crippen LogP contribution in [-0.2, 0) is 10.8 Å². The van der Waals surface area contributed by atoms with E-state index in [1.165, 1.54) is 82.3 Å². The molecule has 60 heavy (non-hydrogen) atoms. The molecule has 0 spiro atoms. The average molecular weight is 770 g/mol. The molecule has 0 saturated heterocycles. The SMILES string of the molecule is N#Cc1ccc(-c2ccc(C34CC5CC(CC(c6ccc(-c7nc(-c8ccc9ccccc9c8)cc(-c8ccc9ccccc9c8)n7)cc6)(C5)C3)C4)cc2)c2ccccc12. The minimum atomic E-state index is 0.175. The fourth-order valence-electron chi connectivity index (χ4n) is 12.1. The second kappa shape index (κ2) is 13.6. The molecule has 4 bridgehead atoms. The zero-order chi connectivity index (χ0) is 39.8. The molecule has 4 saturated carbocycles. The highest BCUT2D eigenvalue weighted by Crippen LogP contribution is 2.66. The molecule has 13 rings (SSSR count). The second-order valence-electron chi connectivity index (χ2n) is 18.1. The van der Waals surface area contributed by atoms with Crippen LogP contribution in [0.5, 0.6) is 0 Å². The molecule has 3 nitrogen and oxygen atoms in total. The van der Waals surface area contributed by atoms with Crippen molar-refractivity contribution in [1.29, 1.82) is 5.26 Å². The van der Waals surface area contributed by atoms with Gasteiger partial charge in [-0.1, -0.05) is 152 Å². The lowest BCUT2D eigenvalue weighted by Crippen LogP contribution is -2.55. The van der Waals surface area contributed by atoms with Crippen LogP contribution >= 0.6 is 0 Å². The molecule has 0 aliphatic heterocycles. The van der Waals surface area contributed by atoms with Gasteiger partial charge in [0.25, 0.3) is 0 Å². The topological polar surface area (TPSA) is 49.6 Å². The molecule has 286 valence electrons. The molecule has 2 unspecified atom stereocenters.